The zero-order chi connectivity index (χ0) is 24.4. The molecule has 0 saturated heterocycles. The molecule has 3 aromatic carbocycles. The molecule has 0 aliphatic carbocycles. The van der Waals surface area contributed by atoms with E-state index in [-0.39, 0.29) is 28.1 Å². The summed E-state index contributed by atoms with van der Waals surface area (Å²) in [5, 5.41) is 13.2. The Bertz CT molecular complexity index is 1370. The summed E-state index contributed by atoms with van der Waals surface area (Å²) in [7, 11) is 0. The smallest absolute Gasteiger partial charge is 0.338 e. The number of ether oxygens (including phenoxy) is 1. The third-order valence-electron chi connectivity index (χ3n) is 5.15. The summed E-state index contributed by atoms with van der Waals surface area (Å²) >= 11 is 0. The zero-order valence-corrected chi connectivity index (χ0v) is 17.8. The highest BCUT2D eigenvalue weighted by Gasteiger charge is 2.37. The van der Waals surface area contributed by atoms with E-state index in [2.05, 4.69) is 5.32 Å². The van der Waals surface area contributed by atoms with E-state index in [1.165, 1.54) is 42.5 Å². The van der Waals surface area contributed by atoms with Gasteiger partial charge in [-0.1, -0.05) is 24.3 Å². The molecule has 0 unspecified atom stereocenters. The van der Waals surface area contributed by atoms with Gasteiger partial charge in [-0.2, -0.15) is 0 Å². The molecule has 0 spiro atoms. The monoisotopic (exact) mass is 459 g/mol. The number of rotatable bonds is 6. The molecule has 4 rings (SSSR count). The van der Waals surface area contributed by atoms with E-state index in [4.69, 9.17) is 4.74 Å². The molecule has 0 bridgehead atoms. The first-order valence-electron chi connectivity index (χ1n) is 10.1. The lowest BCUT2D eigenvalue weighted by atomic mass is 10.1. The number of nitrogens with zero attached hydrogens (tertiary/aromatic N) is 2. The third-order valence-corrected chi connectivity index (χ3v) is 5.15. The molecule has 0 atom stereocenters. The van der Waals surface area contributed by atoms with Gasteiger partial charge in [-0.25, -0.2) is 9.69 Å². The van der Waals surface area contributed by atoms with Gasteiger partial charge in [0.25, 0.3) is 23.4 Å². The molecular weight excluding hydrogens is 442 g/mol. The minimum Gasteiger partial charge on any atom is -0.452 e. The Hall–Kier alpha value is -4.86. The Morgan fingerprint density at radius 2 is 1.71 bits per heavy atom. The molecule has 0 saturated carbocycles. The second-order valence-corrected chi connectivity index (χ2v) is 7.42. The summed E-state index contributed by atoms with van der Waals surface area (Å²) in [5.41, 5.74) is 1.38. The fourth-order valence-corrected chi connectivity index (χ4v) is 3.51. The molecule has 3 amide bonds. The first kappa shape index (κ1) is 22.3. The quantitative estimate of drug-likeness (QED) is 0.258. The molecule has 0 aromatic heterocycles. The van der Waals surface area contributed by atoms with Crippen molar-refractivity contribution in [2.45, 2.75) is 6.92 Å². The number of benzene rings is 3. The largest absolute Gasteiger partial charge is 0.452 e. The number of fused-ring (bicyclic) bond motifs is 1. The van der Waals surface area contributed by atoms with Gasteiger partial charge >= 0.3 is 5.97 Å². The van der Waals surface area contributed by atoms with Crippen LogP contribution in [0.5, 0.6) is 0 Å². The second kappa shape index (κ2) is 8.94. The highest BCUT2D eigenvalue weighted by Crippen LogP contribution is 2.31. The van der Waals surface area contributed by atoms with Crippen molar-refractivity contribution in [3.63, 3.8) is 0 Å². The number of carbonyl (C=O) groups excluding carboxylic acids is 4. The average molecular weight is 459 g/mol. The summed E-state index contributed by atoms with van der Waals surface area (Å²) in [6.07, 6.45) is 0. The van der Waals surface area contributed by atoms with Gasteiger partial charge in [0, 0.05) is 17.8 Å². The van der Waals surface area contributed by atoms with E-state index in [0.29, 0.717) is 5.69 Å². The van der Waals surface area contributed by atoms with E-state index in [0.717, 1.165) is 10.5 Å². The van der Waals surface area contributed by atoms with Crippen LogP contribution in [-0.4, -0.2) is 35.2 Å². The fraction of sp³-hybridized carbons (Fsp3) is 0.0833. The number of esters is 1. The van der Waals surface area contributed by atoms with Crippen molar-refractivity contribution in [3.05, 3.63) is 99.1 Å². The summed E-state index contributed by atoms with van der Waals surface area (Å²) in [4.78, 5) is 61.5. The van der Waals surface area contributed by atoms with Crippen LogP contribution in [0.15, 0.2) is 66.7 Å². The molecule has 1 aliphatic rings. The van der Waals surface area contributed by atoms with Crippen molar-refractivity contribution in [3.8, 4) is 0 Å². The topological polar surface area (TPSA) is 136 Å². The lowest BCUT2D eigenvalue weighted by molar-refractivity contribution is -0.384. The van der Waals surface area contributed by atoms with E-state index >= 15 is 0 Å². The van der Waals surface area contributed by atoms with Crippen LogP contribution in [0.25, 0.3) is 0 Å². The fourth-order valence-electron chi connectivity index (χ4n) is 3.51. The van der Waals surface area contributed by atoms with Crippen molar-refractivity contribution in [2.24, 2.45) is 0 Å². The predicted molar refractivity (Wildman–Crippen MR) is 121 cm³/mol. The number of carbonyl (C=O) groups is 4. The normalized spacial score (nSPS) is 12.3. The Morgan fingerprint density at radius 1 is 0.971 bits per heavy atom. The Kier molecular flexibility index (Phi) is 5.88. The molecular formula is C24H17N3O7. The number of nitro groups is 1. The maximum absolute atomic E-state index is 12.9. The van der Waals surface area contributed by atoms with Crippen LogP contribution in [-0.2, 0) is 9.53 Å². The number of imide groups is 1. The molecule has 1 heterocycles. The maximum atomic E-state index is 12.9. The summed E-state index contributed by atoms with van der Waals surface area (Å²) in [6.45, 7) is 1.13. The van der Waals surface area contributed by atoms with E-state index in [1.54, 1.807) is 31.2 Å². The lowest BCUT2D eigenvalue weighted by Crippen LogP contribution is -2.29. The summed E-state index contributed by atoms with van der Waals surface area (Å²) in [5.74, 6) is -2.63. The highest BCUT2D eigenvalue weighted by atomic mass is 16.6. The van der Waals surface area contributed by atoms with Crippen LogP contribution in [0.3, 0.4) is 0 Å². The average Bonchev–Trinajstić information content (AvgIpc) is 3.07. The molecule has 3 aromatic rings. The lowest BCUT2D eigenvalue weighted by Gasteiger charge is -2.16. The van der Waals surface area contributed by atoms with Crippen LogP contribution < -0.4 is 10.2 Å². The first-order chi connectivity index (χ1) is 16.3. The molecule has 170 valence electrons. The standard InChI is InChI=1S/C24H17N3O7/c1-14-5-2-3-8-20(14)26-22(29)18-10-9-15(11-19(18)23(26)30)24(31)34-13-21(28)25-16-6-4-7-17(12-16)27(32)33/h2-12H,13H2,1H3,(H,25,28). The summed E-state index contributed by atoms with van der Waals surface area (Å²) < 4.78 is 5.00. The number of anilines is 2. The number of hydrogen-bond donors (Lipinski definition) is 1. The second-order valence-electron chi connectivity index (χ2n) is 7.42. The molecule has 0 radical (unpaired) electrons. The highest BCUT2D eigenvalue weighted by molar-refractivity contribution is 6.35. The van der Waals surface area contributed by atoms with E-state index in [9.17, 15) is 29.3 Å². The summed E-state index contributed by atoms with van der Waals surface area (Å²) in [6, 6.07) is 16.2. The Morgan fingerprint density at radius 3 is 2.44 bits per heavy atom. The van der Waals surface area contributed by atoms with Crippen molar-refractivity contribution < 1.29 is 28.8 Å². The SMILES string of the molecule is Cc1ccccc1N1C(=O)c2ccc(C(=O)OCC(=O)Nc3cccc([N+](=O)[O-])c3)cc2C1=O. The van der Waals surface area contributed by atoms with Crippen LogP contribution in [0.2, 0.25) is 0 Å². The molecule has 1 N–H and O–H groups in total. The minimum absolute atomic E-state index is 0.00492. The van der Waals surface area contributed by atoms with Gasteiger partial charge in [-0.15, -0.1) is 0 Å². The Labute approximate surface area is 192 Å². The number of amides is 3. The number of non-ortho nitro benzene ring substituents is 1. The minimum atomic E-state index is -0.869. The molecule has 34 heavy (non-hydrogen) atoms. The zero-order valence-electron chi connectivity index (χ0n) is 17.8. The maximum Gasteiger partial charge on any atom is 0.338 e. The van der Waals surface area contributed by atoms with Gasteiger partial charge in [0.1, 0.15) is 0 Å². The van der Waals surface area contributed by atoms with Gasteiger partial charge in [0.15, 0.2) is 6.61 Å². The Balaban J connectivity index is 1.44. The van der Waals surface area contributed by atoms with Crippen LogP contribution in [0.1, 0.15) is 36.6 Å². The van der Waals surface area contributed by atoms with Gasteiger partial charge in [0.05, 0.1) is 27.3 Å². The molecule has 10 nitrogen and oxygen atoms in total. The third kappa shape index (κ3) is 4.24. The number of nitrogens with one attached hydrogen (secondary N) is 1. The molecule has 10 heteroatoms. The first-order valence-corrected chi connectivity index (χ1v) is 10.1. The number of hydrogen-bond acceptors (Lipinski definition) is 7. The molecule has 0 fully saturated rings. The van der Waals surface area contributed by atoms with Gasteiger partial charge in [-0.3, -0.25) is 24.5 Å². The van der Waals surface area contributed by atoms with Crippen molar-refractivity contribution in [1.29, 1.82) is 0 Å². The predicted octanol–water partition coefficient (Wildman–Crippen LogP) is 3.50. The van der Waals surface area contributed by atoms with Gasteiger partial charge < -0.3 is 10.1 Å². The van der Waals surface area contributed by atoms with Crippen molar-refractivity contribution >= 4 is 40.8 Å². The number of para-hydroxylation sites is 1. The number of nitro benzene ring substituents is 1. The van der Waals surface area contributed by atoms with E-state index in [1.807, 2.05) is 0 Å². The van der Waals surface area contributed by atoms with Gasteiger partial charge in [-0.05, 0) is 42.8 Å². The van der Waals surface area contributed by atoms with Crippen LogP contribution >= 0.6 is 0 Å². The molecule has 1 aliphatic heterocycles. The van der Waals surface area contributed by atoms with Crippen molar-refractivity contribution in [1.82, 2.24) is 0 Å². The number of aryl methyl sites for hydroxylation is 1. The van der Waals surface area contributed by atoms with Crippen molar-refractivity contribution in [2.75, 3.05) is 16.8 Å². The van der Waals surface area contributed by atoms with Crippen LogP contribution in [0, 0.1) is 17.0 Å². The van der Waals surface area contributed by atoms with Crippen LogP contribution in [0.4, 0.5) is 17.1 Å². The van der Waals surface area contributed by atoms with E-state index < -0.39 is 35.2 Å². The van der Waals surface area contributed by atoms with Gasteiger partial charge in [0.2, 0.25) is 0 Å².